The zero-order valence-electron chi connectivity index (χ0n) is 14.5. The number of benzene rings is 2. The summed E-state index contributed by atoms with van der Waals surface area (Å²) in [6.45, 7) is -2.93. The summed E-state index contributed by atoms with van der Waals surface area (Å²) < 4.78 is 34.5. The van der Waals surface area contributed by atoms with Gasteiger partial charge in [-0.1, -0.05) is 22.8 Å². The van der Waals surface area contributed by atoms with Crippen LogP contribution in [0.1, 0.15) is 18.5 Å². The van der Waals surface area contributed by atoms with Gasteiger partial charge in [-0.15, -0.1) is 0 Å². The molecule has 2 aromatic carbocycles. The molecule has 0 radical (unpaired) electrons. The molecule has 0 saturated heterocycles. The maximum absolute atomic E-state index is 12.8. The van der Waals surface area contributed by atoms with Crippen LogP contribution in [0.3, 0.4) is 0 Å². The molecule has 0 unspecified atom stereocenters. The van der Waals surface area contributed by atoms with Crippen molar-refractivity contribution < 1.29 is 22.8 Å². The topological polar surface area (TPSA) is 64.4 Å². The van der Waals surface area contributed by atoms with Crippen molar-refractivity contribution in [3.8, 4) is 17.1 Å². The smallest absolute Gasteiger partial charge is 0.387 e. The van der Waals surface area contributed by atoms with Crippen LogP contribution in [0.25, 0.3) is 11.3 Å². The third kappa shape index (κ3) is 3.71. The number of nitrogens with zero attached hydrogens (tertiary/aromatic N) is 1. The highest BCUT2D eigenvalue weighted by Crippen LogP contribution is 2.49. The molecule has 1 fully saturated rings. The van der Waals surface area contributed by atoms with Crippen molar-refractivity contribution in [2.24, 2.45) is 0 Å². The Morgan fingerprint density at radius 3 is 2.61 bits per heavy atom. The van der Waals surface area contributed by atoms with Crippen molar-refractivity contribution in [1.29, 1.82) is 0 Å². The van der Waals surface area contributed by atoms with Crippen molar-refractivity contribution in [3.63, 3.8) is 0 Å². The van der Waals surface area contributed by atoms with Gasteiger partial charge in [0.2, 0.25) is 5.91 Å². The minimum absolute atomic E-state index is 0.0240. The lowest BCUT2D eigenvalue weighted by Gasteiger charge is -2.13. The minimum atomic E-state index is -2.93. The quantitative estimate of drug-likeness (QED) is 0.608. The molecule has 1 N–H and O–H groups in total. The number of carbonyl (C=O) groups is 1. The second-order valence-electron chi connectivity index (χ2n) is 6.53. The van der Waals surface area contributed by atoms with E-state index in [1.54, 1.807) is 36.4 Å². The fourth-order valence-corrected chi connectivity index (χ4v) is 3.10. The fourth-order valence-electron chi connectivity index (χ4n) is 2.98. The number of rotatable bonds is 6. The van der Waals surface area contributed by atoms with Gasteiger partial charge < -0.3 is 14.6 Å². The van der Waals surface area contributed by atoms with E-state index in [9.17, 15) is 13.6 Å². The summed E-state index contributed by atoms with van der Waals surface area (Å²) in [6, 6.07) is 14.7. The third-order valence-electron chi connectivity index (χ3n) is 4.63. The lowest BCUT2D eigenvalue weighted by Crippen LogP contribution is -2.28. The Labute approximate surface area is 164 Å². The van der Waals surface area contributed by atoms with Crippen LogP contribution in [0.4, 0.5) is 14.5 Å². The van der Waals surface area contributed by atoms with E-state index >= 15 is 0 Å². The number of hydrogen-bond donors (Lipinski definition) is 1. The van der Waals surface area contributed by atoms with E-state index in [0.29, 0.717) is 35.0 Å². The average Bonchev–Trinajstić information content (AvgIpc) is 3.33. The van der Waals surface area contributed by atoms with Crippen LogP contribution in [0.15, 0.2) is 59.1 Å². The van der Waals surface area contributed by atoms with Crippen LogP contribution in [0.5, 0.6) is 5.75 Å². The van der Waals surface area contributed by atoms with Crippen molar-refractivity contribution in [3.05, 3.63) is 65.3 Å². The normalized spacial score (nSPS) is 14.7. The molecule has 1 saturated carbocycles. The largest absolute Gasteiger partial charge is 0.435 e. The van der Waals surface area contributed by atoms with E-state index in [1.807, 2.05) is 0 Å². The highest BCUT2D eigenvalue weighted by Gasteiger charge is 2.53. The van der Waals surface area contributed by atoms with Crippen LogP contribution in [-0.2, 0) is 10.2 Å². The highest BCUT2D eigenvalue weighted by molar-refractivity contribution is 6.30. The van der Waals surface area contributed by atoms with Gasteiger partial charge >= 0.3 is 6.61 Å². The average molecular weight is 405 g/mol. The molecule has 1 aliphatic carbocycles. The number of alkyl halides is 2. The molecule has 5 nitrogen and oxygen atoms in total. The molecular weight excluding hydrogens is 390 g/mol. The van der Waals surface area contributed by atoms with Gasteiger partial charge in [0.05, 0.1) is 11.1 Å². The van der Waals surface area contributed by atoms with E-state index in [1.165, 1.54) is 18.2 Å². The summed E-state index contributed by atoms with van der Waals surface area (Å²) in [5, 5.41) is 7.44. The predicted molar refractivity (Wildman–Crippen MR) is 99.6 cm³/mol. The molecular formula is C20H15ClF2N2O3. The number of ether oxygens (including phenoxy) is 1. The van der Waals surface area contributed by atoms with Gasteiger partial charge in [0.1, 0.15) is 5.75 Å². The van der Waals surface area contributed by atoms with E-state index in [-0.39, 0.29) is 11.7 Å². The Bertz CT molecular complexity index is 1000. The number of halogens is 3. The zero-order chi connectivity index (χ0) is 19.7. The Morgan fingerprint density at radius 2 is 1.93 bits per heavy atom. The van der Waals surface area contributed by atoms with Crippen LogP contribution in [-0.4, -0.2) is 17.7 Å². The van der Waals surface area contributed by atoms with E-state index < -0.39 is 12.0 Å². The molecule has 1 aliphatic rings. The third-order valence-corrected chi connectivity index (χ3v) is 4.88. The summed E-state index contributed by atoms with van der Waals surface area (Å²) in [6.07, 6.45) is 1.25. The zero-order valence-corrected chi connectivity index (χ0v) is 15.2. The standard InChI is InChI=1S/C20H15ClF2N2O3/c21-13-6-4-12(5-7-13)16-11-17(25-28-16)20(8-9-20)18(26)24-14-2-1-3-15(10-14)27-19(22)23/h1-7,10-11,19H,8-9H2,(H,24,26). The lowest BCUT2D eigenvalue weighted by molar-refractivity contribution is -0.118. The first kappa shape index (κ1) is 18.4. The molecule has 1 heterocycles. The molecule has 1 amide bonds. The van der Waals surface area contributed by atoms with Gasteiger partial charge in [0, 0.05) is 28.4 Å². The number of hydrogen-bond acceptors (Lipinski definition) is 4. The fraction of sp³-hybridized carbons (Fsp3) is 0.200. The first-order chi connectivity index (χ1) is 13.5. The SMILES string of the molecule is O=C(Nc1cccc(OC(F)F)c1)C1(c2cc(-c3ccc(Cl)cc3)on2)CC1. The molecule has 3 aromatic rings. The van der Waals surface area contributed by atoms with Gasteiger partial charge in [-0.3, -0.25) is 4.79 Å². The Hall–Kier alpha value is -2.93. The second kappa shape index (κ2) is 7.24. The summed E-state index contributed by atoms with van der Waals surface area (Å²) in [4.78, 5) is 12.8. The van der Waals surface area contributed by atoms with Crippen molar-refractivity contribution in [1.82, 2.24) is 5.16 Å². The predicted octanol–water partition coefficient (Wildman–Crippen LogP) is 5.27. The highest BCUT2D eigenvalue weighted by atomic mass is 35.5. The number of nitrogens with one attached hydrogen (secondary N) is 1. The molecule has 28 heavy (non-hydrogen) atoms. The van der Waals surface area contributed by atoms with Gasteiger partial charge in [-0.05, 0) is 49.2 Å². The van der Waals surface area contributed by atoms with Gasteiger partial charge in [-0.2, -0.15) is 8.78 Å². The molecule has 8 heteroatoms. The second-order valence-corrected chi connectivity index (χ2v) is 6.96. The van der Waals surface area contributed by atoms with E-state index in [4.69, 9.17) is 16.1 Å². The molecule has 1 aromatic heterocycles. The van der Waals surface area contributed by atoms with Gasteiger partial charge in [0.15, 0.2) is 5.76 Å². The summed E-state index contributed by atoms with van der Waals surface area (Å²) in [5.41, 5.74) is 0.926. The van der Waals surface area contributed by atoms with Crippen LogP contribution >= 0.6 is 11.6 Å². The lowest BCUT2D eigenvalue weighted by atomic mass is 10.00. The summed E-state index contributed by atoms with van der Waals surface area (Å²) in [5.74, 6) is 0.250. The Morgan fingerprint density at radius 1 is 1.18 bits per heavy atom. The van der Waals surface area contributed by atoms with Crippen molar-refractivity contribution in [2.45, 2.75) is 24.9 Å². The molecule has 0 aliphatic heterocycles. The van der Waals surface area contributed by atoms with Gasteiger partial charge in [0.25, 0.3) is 0 Å². The van der Waals surface area contributed by atoms with Crippen LogP contribution in [0.2, 0.25) is 5.02 Å². The van der Waals surface area contributed by atoms with Crippen LogP contribution in [0, 0.1) is 0 Å². The van der Waals surface area contributed by atoms with Crippen molar-refractivity contribution in [2.75, 3.05) is 5.32 Å². The Kier molecular flexibility index (Phi) is 4.77. The van der Waals surface area contributed by atoms with Gasteiger partial charge in [-0.25, -0.2) is 0 Å². The van der Waals surface area contributed by atoms with Crippen LogP contribution < -0.4 is 10.1 Å². The first-order valence-corrected chi connectivity index (χ1v) is 8.93. The molecule has 0 atom stereocenters. The monoisotopic (exact) mass is 404 g/mol. The van der Waals surface area contributed by atoms with E-state index in [2.05, 4.69) is 15.2 Å². The maximum atomic E-state index is 12.8. The number of anilines is 1. The molecule has 144 valence electrons. The number of amides is 1. The number of aromatic nitrogens is 1. The summed E-state index contributed by atoms with van der Waals surface area (Å²) in [7, 11) is 0. The van der Waals surface area contributed by atoms with E-state index in [0.717, 1.165) is 5.56 Å². The Balaban J connectivity index is 1.51. The maximum Gasteiger partial charge on any atom is 0.387 e. The summed E-state index contributed by atoms with van der Waals surface area (Å²) >= 11 is 5.89. The molecule has 4 rings (SSSR count). The van der Waals surface area contributed by atoms with Crippen molar-refractivity contribution >= 4 is 23.2 Å². The minimum Gasteiger partial charge on any atom is -0.435 e. The molecule has 0 spiro atoms. The first-order valence-electron chi connectivity index (χ1n) is 8.56. The number of carbonyl (C=O) groups excluding carboxylic acids is 1. The molecule has 0 bridgehead atoms.